The Kier molecular flexibility index (Phi) is 7.04. The van der Waals surface area contributed by atoms with Crippen LogP contribution >= 0.6 is 35.9 Å². The SMILES string of the molecule is Cl[Te](Cl)(Cl)Cl.c1ccc(-c2ccccc2)cc1. The first-order valence-corrected chi connectivity index (χ1v) is 16.5. The minimum atomic E-state index is -3.13. The van der Waals surface area contributed by atoms with Gasteiger partial charge in [0.25, 0.3) is 0 Å². The van der Waals surface area contributed by atoms with Crippen molar-refractivity contribution in [3.63, 3.8) is 0 Å². The van der Waals surface area contributed by atoms with Gasteiger partial charge in [-0.25, -0.2) is 0 Å². The average Bonchev–Trinajstić information content (AvgIpc) is 2.29. The maximum atomic E-state index is 5.02. The molecule has 0 aromatic heterocycles. The van der Waals surface area contributed by atoms with E-state index < -0.39 is 13.7 Å². The molecule has 2 rings (SSSR count). The molecule has 0 spiro atoms. The minimum absolute atomic E-state index is 1.28. The fourth-order valence-corrected chi connectivity index (χ4v) is 1.26. The van der Waals surface area contributed by atoms with Crippen molar-refractivity contribution in [2.45, 2.75) is 0 Å². The van der Waals surface area contributed by atoms with Crippen molar-refractivity contribution in [3.8, 4) is 11.1 Å². The smallest absolute Gasteiger partial charge is 0.0184 e. The maximum Gasteiger partial charge on any atom is -0.0184 e. The molecule has 0 fully saturated rings. The molecular formula is C12H10Cl4Te. The van der Waals surface area contributed by atoms with Crippen molar-refractivity contribution in [2.75, 3.05) is 0 Å². The Morgan fingerprint density at radius 1 is 0.529 bits per heavy atom. The quantitative estimate of drug-likeness (QED) is 0.514. The number of benzene rings is 2. The summed E-state index contributed by atoms with van der Waals surface area (Å²) >= 11 is -3.13. The molecule has 2 aromatic carbocycles. The Labute approximate surface area is 120 Å². The van der Waals surface area contributed by atoms with E-state index in [0.29, 0.717) is 0 Å². The molecule has 0 saturated heterocycles. The topological polar surface area (TPSA) is 0 Å². The van der Waals surface area contributed by atoms with E-state index in [1.54, 1.807) is 0 Å². The first kappa shape index (κ1) is 15.4. The van der Waals surface area contributed by atoms with Crippen LogP contribution in [0.2, 0.25) is 0 Å². The molecule has 0 aliphatic heterocycles. The molecule has 5 heteroatoms. The van der Waals surface area contributed by atoms with Crippen LogP contribution in [0.25, 0.3) is 11.1 Å². The van der Waals surface area contributed by atoms with Crippen molar-refractivity contribution in [1.82, 2.24) is 0 Å². The van der Waals surface area contributed by atoms with Gasteiger partial charge < -0.3 is 0 Å². The summed E-state index contributed by atoms with van der Waals surface area (Å²) in [5, 5.41) is 0. The third kappa shape index (κ3) is 8.16. The summed E-state index contributed by atoms with van der Waals surface area (Å²) in [7, 11) is 20.1. The molecule has 2 aromatic rings. The molecule has 0 bridgehead atoms. The molecule has 0 nitrogen and oxygen atoms in total. The summed E-state index contributed by atoms with van der Waals surface area (Å²) in [6, 6.07) is 20.8. The van der Waals surface area contributed by atoms with Gasteiger partial charge in [-0.15, -0.1) is 0 Å². The molecular weight excluding hydrogens is 414 g/mol. The largest absolute Gasteiger partial charge is 0.0622 e. The van der Waals surface area contributed by atoms with Gasteiger partial charge in [-0.1, -0.05) is 60.7 Å². The third-order valence-corrected chi connectivity index (χ3v) is 1.88. The van der Waals surface area contributed by atoms with E-state index >= 15 is 0 Å². The zero-order chi connectivity index (χ0) is 12.7. The predicted octanol–water partition coefficient (Wildman–Crippen LogP) is 5.73. The van der Waals surface area contributed by atoms with Crippen LogP contribution in [-0.4, -0.2) is 13.7 Å². The summed E-state index contributed by atoms with van der Waals surface area (Å²) in [6.45, 7) is 0. The number of rotatable bonds is 1. The maximum absolute atomic E-state index is 5.02. The molecule has 0 atom stereocenters. The molecule has 0 N–H and O–H groups in total. The summed E-state index contributed by atoms with van der Waals surface area (Å²) < 4.78 is 0. The van der Waals surface area contributed by atoms with Gasteiger partial charge >= 0.3 is 49.6 Å². The van der Waals surface area contributed by atoms with Crippen LogP contribution in [0.15, 0.2) is 60.7 Å². The standard InChI is InChI=1S/C12H10.Cl4Te/c1-3-7-11(8-4-1)12-9-5-2-6-10-12;1-5(2,3)4/h1-10H;. The Balaban J connectivity index is 0.000000249. The molecule has 0 aliphatic carbocycles. The summed E-state index contributed by atoms with van der Waals surface area (Å²) in [5.41, 5.74) is 2.55. The molecule has 0 aliphatic rings. The number of halogens is 4. The molecule has 0 amide bonds. The average molecular weight is 424 g/mol. The van der Waals surface area contributed by atoms with Gasteiger partial charge in [0.05, 0.1) is 0 Å². The van der Waals surface area contributed by atoms with Crippen molar-refractivity contribution < 1.29 is 0 Å². The summed E-state index contributed by atoms with van der Waals surface area (Å²) in [4.78, 5) is 0. The van der Waals surface area contributed by atoms with Crippen molar-refractivity contribution >= 4 is 49.6 Å². The van der Waals surface area contributed by atoms with Crippen molar-refractivity contribution in [2.24, 2.45) is 0 Å². The van der Waals surface area contributed by atoms with Crippen LogP contribution < -0.4 is 0 Å². The zero-order valence-corrected chi connectivity index (χ0v) is 14.0. The Bertz CT molecular complexity index is 382. The second kappa shape index (κ2) is 7.74. The van der Waals surface area contributed by atoms with E-state index in [1.165, 1.54) is 11.1 Å². The van der Waals surface area contributed by atoms with Gasteiger partial charge in [0.1, 0.15) is 0 Å². The first-order valence-electron chi connectivity index (χ1n) is 4.69. The van der Waals surface area contributed by atoms with E-state index in [-0.39, 0.29) is 0 Å². The van der Waals surface area contributed by atoms with E-state index in [1.807, 2.05) is 12.1 Å². The van der Waals surface area contributed by atoms with E-state index in [2.05, 4.69) is 48.5 Å². The van der Waals surface area contributed by atoms with Gasteiger partial charge in [0, 0.05) is 0 Å². The summed E-state index contributed by atoms with van der Waals surface area (Å²) in [6.07, 6.45) is 0. The van der Waals surface area contributed by atoms with Crippen LogP contribution in [0.4, 0.5) is 0 Å². The van der Waals surface area contributed by atoms with Gasteiger partial charge in [-0.2, -0.15) is 0 Å². The van der Waals surface area contributed by atoms with Gasteiger partial charge in [0.15, 0.2) is 0 Å². The van der Waals surface area contributed by atoms with Crippen LogP contribution in [0.3, 0.4) is 0 Å². The Morgan fingerprint density at radius 2 is 0.765 bits per heavy atom. The number of hydrogen-bond donors (Lipinski definition) is 0. The predicted molar refractivity (Wildman–Crippen MR) is 81.0 cm³/mol. The number of hydrogen-bond acceptors (Lipinski definition) is 0. The molecule has 92 valence electrons. The van der Waals surface area contributed by atoms with Crippen LogP contribution in [0, 0.1) is 0 Å². The van der Waals surface area contributed by atoms with Gasteiger partial charge in [0.2, 0.25) is 0 Å². The van der Waals surface area contributed by atoms with E-state index in [0.717, 1.165) is 0 Å². The van der Waals surface area contributed by atoms with Crippen LogP contribution in [0.5, 0.6) is 0 Å². The molecule has 0 radical (unpaired) electrons. The molecule has 0 heterocycles. The third-order valence-electron chi connectivity index (χ3n) is 1.88. The monoisotopic (exact) mass is 424 g/mol. The van der Waals surface area contributed by atoms with Crippen LogP contribution in [-0.2, 0) is 0 Å². The Morgan fingerprint density at radius 3 is 1.00 bits per heavy atom. The molecule has 0 unspecified atom stereocenters. The summed E-state index contributed by atoms with van der Waals surface area (Å²) in [5.74, 6) is 0. The van der Waals surface area contributed by atoms with Crippen LogP contribution in [0.1, 0.15) is 0 Å². The van der Waals surface area contributed by atoms with Gasteiger partial charge in [-0.05, 0) is 11.1 Å². The second-order valence-electron chi connectivity index (χ2n) is 3.08. The first-order chi connectivity index (χ1) is 7.97. The molecule has 0 saturated carbocycles. The van der Waals surface area contributed by atoms with Crippen molar-refractivity contribution in [1.29, 1.82) is 0 Å². The van der Waals surface area contributed by atoms with E-state index in [9.17, 15) is 0 Å². The van der Waals surface area contributed by atoms with E-state index in [4.69, 9.17) is 35.9 Å². The van der Waals surface area contributed by atoms with Gasteiger partial charge in [-0.3, -0.25) is 0 Å². The second-order valence-corrected chi connectivity index (χ2v) is 23.9. The Hall–Kier alpha value is 0.390. The fourth-order valence-electron chi connectivity index (χ4n) is 1.26. The fraction of sp³-hybridized carbons (Fsp3) is 0. The van der Waals surface area contributed by atoms with Crippen molar-refractivity contribution in [3.05, 3.63) is 60.7 Å². The minimum Gasteiger partial charge on any atom is -0.0622 e. The normalized spacial score (nSPS) is 11.3. The molecule has 17 heavy (non-hydrogen) atoms. The zero-order valence-electron chi connectivity index (χ0n) is 8.69.